The van der Waals surface area contributed by atoms with Crippen LogP contribution in [0.25, 0.3) is 6.08 Å². The molecule has 0 unspecified atom stereocenters. The summed E-state index contributed by atoms with van der Waals surface area (Å²) in [5, 5.41) is 12.2. The zero-order chi connectivity index (χ0) is 21.1. The van der Waals surface area contributed by atoms with Crippen LogP contribution < -0.4 is 10.1 Å². The molecule has 2 N–H and O–H groups in total. The number of amides is 3. The molecular weight excluding hydrogens is 416 g/mol. The van der Waals surface area contributed by atoms with Gasteiger partial charge < -0.3 is 15.2 Å². The van der Waals surface area contributed by atoms with Crippen LogP contribution in [0.5, 0.6) is 11.5 Å². The van der Waals surface area contributed by atoms with Crippen molar-refractivity contribution in [2.24, 2.45) is 0 Å². The van der Waals surface area contributed by atoms with Crippen molar-refractivity contribution < 1.29 is 24.2 Å². The number of halogens is 1. The van der Waals surface area contributed by atoms with E-state index in [0.717, 1.165) is 22.2 Å². The number of methoxy groups -OCH3 is 1. The lowest BCUT2D eigenvalue weighted by Crippen LogP contribution is -2.36. The molecule has 3 rings (SSSR count). The molecule has 0 aliphatic carbocycles. The summed E-state index contributed by atoms with van der Waals surface area (Å²) in [5.74, 6) is -0.872. The molecule has 0 atom stereocenters. The highest BCUT2D eigenvalue weighted by atomic mass is 35.5. The fourth-order valence-corrected chi connectivity index (χ4v) is 3.61. The largest absolute Gasteiger partial charge is 0.504 e. The molecule has 0 radical (unpaired) electrons. The summed E-state index contributed by atoms with van der Waals surface area (Å²) in [6.45, 7) is 1.43. The SMILES string of the molecule is COc1cc(/C=C2/SC(=O)N(CC(=O)Nc3ccc(C)c(Cl)c3)C2=O)ccc1O. The molecule has 0 spiro atoms. The number of carbonyl (C=O) groups is 3. The Morgan fingerprint density at radius 1 is 1.28 bits per heavy atom. The van der Waals surface area contributed by atoms with Crippen LogP contribution in [0.2, 0.25) is 5.02 Å². The molecule has 3 amide bonds. The average molecular weight is 433 g/mol. The number of carbonyl (C=O) groups excluding carboxylic acids is 3. The van der Waals surface area contributed by atoms with Gasteiger partial charge in [-0.05, 0) is 60.2 Å². The highest BCUT2D eigenvalue weighted by Crippen LogP contribution is 2.34. The number of phenolic OH excluding ortho intramolecular Hbond substituents is 1. The topological polar surface area (TPSA) is 95.9 Å². The number of hydrogen-bond donors (Lipinski definition) is 2. The molecule has 7 nitrogen and oxygen atoms in total. The fourth-order valence-electron chi connectivity index (χ4n) is 2.59. The first-order valence-corrected chi connectivity index (χ1v) is 9.66. The van der Waals surface area contributed by atoms with Crippen molar-refractivity contribution in [2.45, 2.75) is 6.92 Å². The smallest absolute Gasteiger partial charge is 0.294 e. The number of nitrogens with one attached hydrogen (secondary N) is 1. The fraction of sp³-hybridized carbons (Fsp3) is 0.150. The third kappa shape index (κ3) is 4.72. The van der Waals surface area contributed by atoms with Crippen molar-refractivity contribution in [1.29, 1.82) is 0 Å². The molecule has 1 saturated heterocycles. The zero-order valence-corrected chi connectivity index (χ0v) is 17.1. The van der Waals surface area contributed by atoms with E-state index in [2.05, 4.69) is 5.32 Å². The molecule has 9 heteroatoms. The number of hydrogen-bond acceptors (Lipinski definition) is 6. The van der Waals surface area contributed by atoms with Gasteiger partial charge in [0.2, 0.25) is 5.91 Å². The molecule has 1 heterocycles. The Morgan fingerprint density at radius 3 is 2.72 bits per heavy atom. The predicted octanol–water partition coefficient (Wildman–Crippen LogP) is 4.04. The maximum absolute atomic E-state index is 12.6. The third-order valence-corrected chi connectivity index (χ3v) is 5.45. The van der Waals surface area contributed by atoms with Crippen molar-refractivity contribution in [3.63, 3.8) is 0 Å². The van der Waals surface area contributed by atoms with Gasteiger partial charge in [-0.15, -0.1) is 0 Å². The minimum absolute atomic E-state index is 0.0364. The maximum atomic E-state index is 12.6. The predicted molar refractivity (Wildman–Crippen MR) is 112 cm³/mol. The first-order valence-electron chi connectivity index (χ1n) is 8.47. The number of imide groups is 1. The second-order valence-corrected chi connectivity index (χ2v) is 7.61. The van der Waals surface area contributed by atoms with E-state index in [-0.39, 0.29) is 16.4 Å². The summed E-state index contributed by atoms with van der Waals surface area (Å²) in [6, 6.07) is 9.59. The van der Waals surface area contributed by atoms with Crippen LogP contribution >= 0.6 is 23.4 Å². The van der Waals surface area contributed by atoms with E-state index in [1.807, 2.05) is 6.92 Å². The number of anilines is 1. The standard InChI is InChI=1S/C20H17ClN2O5S/c1-11-3-5-13(9-14(11)21)22-18(25)10-23-19(26)17(29-20(23)27)8-12-4-6-15(24)16(7-12)28-2/h3-9,24H,10H2,1-2H3,(H,22,25)/b17-8+. The highest BCUT2D eigenvalue weighted by Gasteiger charge is 2.36. The second kappa shape index (κ2) is 8.59. The quantitative estimate of drug-likeness (QED) is 0.692. The average Bonchev–Trinajstić information content (AvgIpc) is 2.93. The van der Waals surface area contributed by atoms with Crippen molar-refractivity contribution in [3.8, 4) is 11.5 Å². The number of ether oxygens (including phenoxy) is 1. The van der Waals surface area contributed by atoms with Gasteiger partial charge in [0.1, 0.15) is 6.54 Å². The lowest BCUT2D eigenvalue weighted by Gasteiger charge is -2.13. The first kappa shape index (κ1) is 20.8. The Kier molecular flexibility index (Phi) is 6.14. The van der Waals surface area contributed by atoms with Crippen LogP contribution in [0.4, 0.5) is 10.5 Å². The van der Waals surface area contributed by atoms with E-state index in [1.165, 1.54) is 25.3 Å². The number of aromatic hydroxyl groups is 1. The van der Waals surface area contributed by atoms with Gasteiger partial charge >= 0.3 is 0 Å². The Bertz CT molecular complexity index is 1040. The van der Waals surface area contributed by atoms with Crippen molar-refractivity contribution in [1.82, 2.24) is 4.90 Å². The summed E-state index contributed by atoms with van der Waals surface area (Å²) in [4.78, 5) is 38.1. The first-order chi connectivity index (χ1) is 13.8. The lowest BCUT2D eigenvalue weighted by atomic mass is 10.2. The summed E-state index contributed by atoms with van der Waals surface area (Å²) >= 11 is 6.78. The Balaban J connectivity index is 1.71. The molecule has 2 aromatic carbocycles. The Labute approximate surface area is 176 Å². The maximum Gasteiger partial charge on any atom is 0.294 e. The summed E-state index contributed by atoms with van der Waals surface area (Å²) in [5.41, 5.74) is 1.92. The molecule has 1 aliphatic heterocycles. The molecule has 2 aromatic rings. The Hall–Kier alpha value is -2.97. The van der Waals surface area contributed by atoms with Crippen molar-refractivity contribution in [2.75, 3.05) is 19.0 Å². The van der Waals surface area contributed by atoms with E-state index < -0.39 is 23.6 Å². The minimum atomic E-state index is -0.566. The number of aryl methyl sites for hydroxylation is 1. The van der Waals surface area contributed by atoms with E-state index in [4.69, 9.17) is 16.3 Å². The van der Waals surface area contributed by atoms with Gasteiger partial charge in [0, 0.05) is 10.7 Å². The van der Waals surface area contributed by atoms with E-state index in [0.29, 0.717) is 16.3 Å². The molecule has 0 saturated carbocycles. The van der Waals surface area contributed by atoms with Crippen LogP contribution in [0.3, 0.4) is 0 Å². The molecule has 0 aromatic heterocycles. The van der Waals surface area contributed by atoms with Crippen LogP contribution in [-0.4, -0.2) is 40.7 Å². The second-order valence-electron chi connectivity index (χ2n) is 6.21. The number of phenols is 1. The summed E-state index contributed by atoms with van der Waals surface area (Å²) in [7, 11) is 1.41. The van der Waals surface area contributed by atoms with E-state index in [9.17, 15) is 19.5 Å². The van der Waals surface area contributed by atoms with Crippen molar-refractivity contribution >= 4 is 52.2 Å². The molecule has 0 bridgehead atoms. The normalized spacial score (nSPS) is 15.1. The van der Waals surface area contributed by atoms with Crippen LogP contribution in [0, 0.1) is 6.92 Å². The molecular formula is C20H17ClN2O5S. The van der Waals surface area contributed by atoms with Gasteiger partial charge in [0.05, 0.1) is 12.0 Å². The van der Waals surface area contributed by atoms with Gasteiger partial charge in [-0.1, -0.05) is 23.7 Å². The van der Waals surface area contributed by atoms with Crippen molar-refractivity contribution in [3.05, 3.63) is 57.5 Å². The lowest BCUT2D eigenvalue weighted by molar-refractivity contribution is -0.127. The van der Waals surface area contributed by atoms with Crippen LogP contribution in [-0.2, 0) is 9.59 Å². The van der Waals surface area contributed by atoms with Gasteiger partial charge in [0.15, 0.2) is 11.5 Å². The summed E-state index contributed by atoms with van der Waals surface area (Å²) in [6.07, 6.45) is 1.50. The molecule has 29 heavy (non-hydrogen) atoms. The molecule has 1 aliphatic rings. The summed E-state index contributed by atoms with van der Waals surface area (Å²) < 4.78 is 5.03. The van der Waals surface area contributed by atoms with Crippen LogP contribution in [0.15, 0.2) is 41.3 Å². The number of rotatable bonds is 5. The van der Waals surface area contributed by atoms with Crippen LogP contribution in [0.1, 0.15) is 11.1 Å². The number of thioether (sulfide) groups is 1. The zero-order valence-electron chi connectivity index (χ0n) is 15.6. The van der Waals surface area contributed by atoms with Gasteiger partial charge in [-0.3, -0.25) is 19.3 Å². The van der Waals surface area contributed by atoms with E-state index >= 15 is 0 Å². The third-order valence-electron chi connectivity index (χ3n) is 4.13. The van der Waals surface area contributed by atoms with Gasteiger partial charge in [-0.25, -0.2) is 0 Å². The molecule has 1 fully saturated rings. The molecule has 150 valence electrons. The highest BCUT2D eigenvalue weighted by molar-refractivity contribution is 8.18. The number of benzene rings is 2. The Morgan fingerprint density at radius 2 is 2.03 bits per heavy atom. The number of nitrogens with zero attached hydrogens (tertiary/aromatic N) is 1. The van der Waals surface area contributed by atoms with Gasteiger partial charge in [-0.2, -0.15) is 0 Å². The van der Waals surface area contributed by atoms with E-state index in [1.54, 1.807) is 24.3 Å². The monoisotopic (exact) mass is 432 g/mol. The van der Waals surface area contributed by atoms with Gasteiger partial charge in [0.25, 0.3) is 11.1 Å². The minimum Gasteiger partial charge on any atom is -0.504 e.